The normalized spacial score (nSPS) is 26.1. The number of carbonyl (C=O) groups is 2. The zero-order valence-electron chi connectivity index (χ0n) is 27.6. The Kier molecular flexibility index (Phi) is 8.77. The van der Waals surface area contributed by atoms with Crippen LogP contribution in [-0.4, -0.2) is 46.3 Å². The molecule has 0 aliphatic heterocycles. The Bertz CT molecular complexity index is 1510. The lowest BCUT2D eigenvalue weighted by Crippen LogP contribution is -2.52. The third-order valence-electron chi connectivity index (χ3n) is 11.1. The zero-order valence-corrected chi connectivity index (χ0v) is 27.6. The molecule has 4 aliphatic rings. The van der Waals surface area contributed by atoms with E-state index >= 15 is 0 Å². The Labute approximate surface area is 267 Å². The minimum atomic E-state index is -0.0610. The van der Waals surface area contributed by atoms with Gasteiger partial charge in [-0.15, -0.1) is 0 Å². The van der Waals surface area contributed by atoms with E-state index in [0.29, 0.717) is 6.54 Å². The van der Waals surface area contributed by atoms with E-state index in [1.807, 2.05) is 28.0 Å². The number of anilines is 1. The Balaban J connectivity index is 1.25. The molecule has 8 nitrogen and oxygen atoms in total. The molecule has 2 amide bonds. The summed E-state index contributed by atoms with van der Waals surface area (Å²) in [5.74, 6) is 1.81. The number of benzene rings is 1. The highest BCUT2D eigenvalue weighted by atomic mass is 16.5. The molecule has 0 radical (unpaired) electrons. The van der Waals surface area contributed by atoms with E-state index < -0.39 is 0 Å². The van der Waals surface area contributed by atoms with E-state index in [1.165, 1.54) is 11.1 Å². The molecule has 7 rings (SSSR count). The van der Waals surface area contributed by atoms with Crippen LogP contribution >= 0.6 is 0 Å². The summed E-state index contributed by atoms with van der Waals surface area (Å²) in [6.07, 6.45) is 15.8. The highest BCUT2D eigenvalue weighted by molar-refractivity contribution is 5.95. The van der Waals surface area contributed by atoms with Crippen molar-refractivity contribution in [3.05, 3.63) is 60.0 Å². The first-order valence-corrected chi connectivity index (χ1v) is 16.8. The van der Waals surface area contributed by atoms with Gasteiger partial charge in [0.15, 0.2) is 0 Å². The number of pyridine rings is 1. The molecular formula is C37H49N5O3. The molecule has 45 heavy (non-hydrogen) atoms. The number of amides is 2. The van der Waals surface area contributed by atoms with Crippen LogP contribution in [0.15, 0.2) is 48.9 Å². The van der Waals surface area contributed by atoms with E-state index in [9.17, 15) is 9.59 Å². The fraction of sp³-hybridized carbons (Fsp3) is 0.568. The van der Waals surface area contributed by atoms with Crippen molar-refractivity contribution in [3.8, 4) is 16.9 Å². The van der Waals surface area contributed by atoms with E-state index in [-0.39, 0.29) is 40.6 Å². The van der Waals surface area contributed by atoms with Crippen LogP contribution in [0, 0.1) is 18.3 Å². The van der Waals surface area contributed by atoms with Crippen molar-refractivity contribution in [1.29, 1.82) is 0 Å². The first-order valence-electron chi connectivity index (χ1n) is 16.8. The third kappa shape index (κ3) is 6.38. The van der Waals surface area contributed by atoms with Crippen LogP contribution in [0.2, 0.25) is 0 Å². The van der Waals surface area contributed by atoms with Crippen molar-refractivity contribution < 1.29 is 14.3 Å². The van der Waals surface area contributed by atoms with Crippen molar-refractivity contribution in [2.75, 3.05) is 18.6 Å². The van der Waals surface area contributed by atoms with Crippen LogP contribution in [0.5, 0.6) is 5.75 Å². The molecule has 0 atom stereocenters. The average Bonchev–Trinajstić information content (AvgIpc) is 3.56. The predicted molar refractivity (Wildman–Crippen MR) is 177 cm³/mol. The van der Waals surface area contributed by atoms with Gasteiger partial charge in [-0.05, 0) is 131 Å². The van der Waals surface area contributed by atoms with Crippen LogP contribution in [0.4, 0.5) is 5.82 Å². The molecule has 0 unspecified atom stereocenters. The summed E-state index contributed by atoms with van der Waals surface area (Å²) >= 11 is 0. The Morgan fingerprint density at radius 3 is 2.33 bits per heavy atom. The van der Waals surface area contributed by atoms with Crippen LogP contribution in [-0.2, 0) is 15.0 Å². The van der Waals surface area contributed by atoms with Gasteiger partial charge in [-0.1, -0.05) is 12.1 Å². The summed E-state index contributed by atoms with van der Waals surface area (Å²) in [5.41, 5.74) is 4.99. The number of nitrogens with one attached hydrogen (secondary N) is 1. The Morgan fingerprint density at radius 1 is 1.02 bits per heavy atom. The van der Waals surface area contributed by atoms with E-state index in [4.69, 9.17) is 9.72 Å². The highest BCUT2D eigenvalue weighted by Crippen LogP contribution is 2.58. The average molecular weight is 612 g/mol. The maximum atomic E-state index is 14.5. The largest absolute Gasteiger partial charge is 0.496 e. The van der Waals surface area contributed by atoms with Gasteiger partial charge in [-0.3, -0.25) is 19.2 Å². The van der Waals surface area contributed by atoms with Crippen LogP contribution in [0.3, 0.4) is 0 Å². The first-order chi connectivity index (χ1) is 21.6. The second-order valence-corrected chi connectivity index (χ2v) is 14.3. The number of hydrogen-bond donors (Lipinski definition) is 1. The fourth-order valence-electron chi connectivity index (χ4n) is 8.26. The summed E-state index contributed by atoms with van der Waals surface area (Å²) < 4.78 is 7.51. The smallest absolute Gasteiger partial charge is 0.231 e. The lowest BCUT2D eigenvalue weighted by Gasteiger charge is -2.55. The number of aryl methyl sites for hydroxylation is 1. The van der Waals surface area contributed by atoms with Crippen LogP contribution in [0.25, 0.3) is 11.1 Å². The Hall–Kier alpha value is -3.68. The molecule has 4 aliphatic carbocycles. The van der Waals surface area contributed by atoms with Crippen LogP contribution in [0.1, 0.15) is 102 Å². The molecule has 4 saturated carbocycles. The van der Waals surface area contributed by atoms with Gasteiger partial charge in [-0.2, -0.15) is 5.10 Å². The monoisotopic (exact) mass is 611 g/mol. The van der Waals surface area contributed by atoms with Gasteiger partial charge in [0, 0.05) is 49.4 Å². The number of aromatic nitrogens is 3. The van der Waals surface area contributed by atoms with Gasteiger partial charge < -0.3 is 10.1 Å². The van der Waals surface area contributed by atoms with Gasteiger partial charge in [0.25, 0.3) is 0 Å². The lowest BCUT2D eigenvalue weighted by atomic mass is 9.51. The van der Waals surface area contributed by atoms with Gasteiger partial charge >= 0.3 is 0 Å². The molecule has 8 heteroatoms. The molecule has 3 aromatic rings. The van der Waals surface area contributed by atoms with E-state index in [2.05, 4.69) is 61.6 Å². The van der Waals surface area contributed by atoms with E-state index in [0.717, 1.165) is 86.9 Å². The number of rotatable bonds is 9. The van der Waals surface area contributed by atoms with Crippen molar-refractivity contribution >= 4 is 17.6 Å². The summed E-state index contributed by atoms with van der Waals surface area (Å²) in [4.78, 5) is 33.0. The fourth-order valence-corrected chi connectivity index (χ4v) is 8.26. The highest BCUT2D eigenvalue weighted by Gasteiger charge is 2.50. The van der Waals surface area contributed by atoms with Crippen LogP contribution < -0.4 is 15.0 Å². The summed E-state index contributed by atoms with van der Waals surface area (Å²) in [7, 11) is 1.74. The van der Waals surface area contributed by atoms with Gasteiger partial charge in [-0.25, -0.2) is 4.98 Å². The summed E-state index contributed by atoms with van der Waals surface area (Å²) in [6.45, 7) is 8.65. The SMILES string of the molecule is COc1ccc(C23CCC(CN(C(=O)C4CCC(NC(C)=O)CC4)c4cc(-c5cnn(C(C)C)c5)ccn4)(CC2)CC3)cc1C. The third-order valence-corrected chi connectivity index (χ3v) is 11.1. The molecule has 4 fully saturated rings. The van der Waals surface area contributed by atoms with Gasteiger partial charge in [0.05, 0.1) is 13.3 Å². The quantitative estimate of drug-likeness (QED) is 0.277. The first kappa shape index (κ1) is 31.3. The predicted octanol–water partition coefficient (Wildman–Crippen LogP) is 7.16. The molecule has 0 spiro atoms. The molecule has 240 valence electrons. The Morgan fingerprint density at radius 2 is 1.73 bits per heavy atom. The molecule has 0 saturated heterocycles. The summed E-state index contributed by atoms with van der Waals surface area (Å²) in [6, 6.07) is 11.3. The second-order valence-electron chi connectivity index (χ2n) is 14.3. The number of carbonyl (C=O) groups excluding carboxylic acids is 2. The lowest BCUT2D eigenvalue weighted by molar-refractivity contribution is -0.124. The van der Waals surface area contributed by atoms with Crippen molar-refractivity contribution in [1.82, 2.24) is 20.1 Å². The van der Waals surface area contributed by atoms with Crippen molar-refractivity contribution in [2.24, 2.45) is 11.3 Å². The number of nitrogens with zero attached hydrogens (tertiary/aromatic N) is 4. The molecule has 1 aromatic carbocycles. The molecule has 2 aromatic heterocycles. The standard InChI is InChI=1S/C37H49N5O3/c1-25(2)42-23-30(22-39-42)29-12-19-38-34(21-29)41(35(44)28-6-9-32(10-7-28)40-27(4)43)24-36-13-16-37(17-14-36,18-15-36)31-8-11-33(45-5)26(3)20-31/h8,11-12,19-23,25,28,32H,6-7,9-10,13-18,24H2,1-5H3,(H,40,43). The number of methoxy groups -OCH3 is 1. The van der Waals surface area contributed by atoms with E-state index in [1.54, 1.807) is 14.0 Å². The topological polar surface area (TPSA) is 89.4 Å². The molecular weight excluding hydrogens is 562 g/mol. The molecule has 2 bridgehead atoms. The minimum Gasteiger partial charge on any atom is -0.496 e. The van der Waals surface area contributed by atoms with Crippen molar-refractivity contribution in [3.63, 3.8) is 0 Å². The van der Waals surface area contributed by atoms with Gasteiger partial charge in [0.1, 0.15) is 11.6 Å². The van der Waals surface area contributed by atoms with Crippen molar-refractivity contribution in [2.45, 2.75) is 109 Å². The number of hydrogen-bond acceptors (Lipinski definition) is 5. The minimum absolute atomic E-state index is 0.00257. The maximum absolute atomic E-state index is 14.5. The zero-order chi connectivity index (χ0) is 31.8. The second kappa shape index (κ2) is 12.6. The molecule has 1 N–H and O–H groups in total. The van der Waals surface area contributed by atoms with Gasteiger partial charge in [0.2, 0.25) is 11.8 Å². The number of ether oxygens (including phenoxy) is 1. The summed E-state index contributed by atoms with van der Waals surface area (Å²) in [5, 5.41) is 7.61. The maximum Gasteiger partial charge on any atom is 0.231 e. The number of fused-ring (bicyclic) bond motifs is 3. The molecule has 2 heterocycles.